The van der Waals surface area contributed by atoms with Gasteiger partial charge in [0.25, 0.3) is 5.56 Å². The van der Waals surface area contributed by atoms with Gasteiger partial charge in [0.1, 0.15) is 5.82 Å². The van der Waals surface area contributed by atoms with Gasteiger partial charge in [0.05, 0.1) is 24.9 Å². The molecule has 7 heteroatoms. The molecule has 1 aliphatic rings. The van der Waals surface area contributed by atoms with E-state index in [4.69, 9.17) is 21.1 Å². The van der Waals surface area contributed by atoms with E-state index in [2.05, 4.69) is 21.8 Å². The van der Waals surface area contributed by atoms with Gasteiger partial charge in [-0.25, -0.2) is 4.98 Å². The summed E-state index contributed by atoms with van der Waals surface area (Å²) in [7, 11) is 3.17. The highest BCUT2D eigenvalue weighted by molar-refractivity contribution is 6.33. The van der Waals surface area contributed by atoms with Crippen molar-refractivity contribution in [3.63, 3.8) is 0 Å². The van der Waals surface area contributed by atoms with E-state index in [1.807, 2.05) is 12.1 Å². The van der Waals surface area contributed by atoms with Gasteiger partial charge in [0.15, 0.2) is 11.5 Å². The van der Waals surface area contributed by atoms with E-state index in [9.17, 15) is 4.79 Å². The second-order valence-corrected chi connectivity index (χ2v) is 6.80. The lowest BCUT2D eigenvalue weighted by Crippen LogP contribution is -2.35. The Balaban J connectivity index is 1.83. The summed E-state index contributed by atoms with van der Waals surface area (Å²) in [5, 5.41) is 0.559. The number of aryl methyl sites for hydroxylation is 1. The van der Waals surface area contributed by atoms with Crippen LogP contribution < -0.4 is 15.0 Å². The molecule has 2 heterocycles. The fourth-order valence-corrected chi connectivity index (χ4v) is 3.62. The van der Waals surface area contributed by atoms with Crippen LogP contribution in [0.4, 0.5) is 0 Å². The lowest BCUT2D eigenvalue weighted by atomic mass is 10.0. The van der Waals surface area contributed by atoms with Gasteiger partial charge in [-0.3, -0.25) is 9.69 Å². The van der Waals surface area contributed by atoms with Crippen LogP contribution in [0.3, 0.4) is 0 Å². The molecule has 6 nitrogen and oxygen atoms in total. The molecule has 0 unspecified atom stereocenters. The molecule has 140 valence electrons. The number of halogens is 1. The van der Waals surface area contributed by atoms with E-state index < -0.39 is 0 Å². The average molecular weight is 378 g/mol. The number of benzene rings is 1. The van der Waals surface area contributed by atoms with Crippen molar-refractivity contribution in [3.8, 4) is 11.5 Å². The quantitative estimate of drug-likeness (QED) is 0.838. The number of H-pyrrole nitrogens is 1. The van der Waals surface area contributed by atoms with E-state index in [1.165, 1.54) is 0 Å². The van der Waals surface area contributed by atoms with Gasteiger partial charge in [-0.15, -0.1) is 0 Å². The molecule has 0 atom stereocenters. The summed E-state index contributed by atoms with van der Waals surface area (Å²) in [6.45, 7) is 4.16. The maximum Gasteiger partial charge on any atom is 0.254 e. The van der Waals surface area contributed by atoms with E-state index in [0.29, 0.717) is 36.0 Å². The Morgan fingerprint density at radius 2 is 2.12 bits per heavy atom. The molecular weight excluding hydrogens is 354 g/mol. The fourth-order valence-electron chi connectivity index (χ4n) is 3.33. The smallest absolute Gasteiger partial charge is 0.254 e. The third-order valence-corrected chi connectivity index (χ3v) is 5.06. The molecule has 0 bridgehead atoms. The molecule has 1 N–H and O–H groups in total. The summed E-state index contributed by atoms with van der Waals surface area (Å²) < 4.78 is 10.7. The fraction of sp³-hybridized carbons (Fsp3) is 0.474. The number of hydrogen-bond acceptors (Lipinski definition) is 5. The predicted octanol–water partition coefficient (Wildman–Crippen LogP) is 2.95. The molecule has 1 aromatic carbocycles. The summed E-state index contributed by atoms with van der Waals surface area (Å²) in [6.07, 6.45) is 2.42. The summed E-state index contributed by atoms with van der Waals surface area (Å²) in [5.74, 6) is 1.92. The largest absolute Gasteiger partial charge is 0.493 e. The van der Waals surface area contributed by atoms with Crippen molar-refractivity contribution in [1.29, 1.82) is 0 Å². The predicted molar refractivity (Wildman–Crippen MR) is 101 cm³/mol. The lowest BCUT2D eigenvalue weighted by Gasteiger charge is -2.28. The average Bonchev–Trinajstić information content (AvgIpc) is 2.63. The molecule has 1 aromatic heterocycles. The highest BCUT2D eigenvalue weighted by atomic mass is 35.5. The van der Waals surface area contributed by atoms with Gasteiger partial charge in [0, 0.05) is 31.6 Å². The number of nitrogens with one attached hydrogen (secondary N) is 1. The second kappa shape index (κ2) is 8.10. The van der Waals surface area contributed by atoms with Crippen molar-refractivity contribution in [2.75, 3.05) is 20.8 Å². The first-order chi connectivity index (χ1) is 12.6. The number of hydrogen-bond donors (Lipinski definition) is 1. The van der Waals surface area contributed by atoms with Crippen LogP contribution >= 0.6 is 11.6 Å². The molecule has 3 rings (SSSR count). The van der Waals surface area contributed by atoms with Crippen LogP contribution in [0, 0.1) is 0 Å². The Labute approximate surface area is 158 Å². The van der Waals surface area contributed by atoms with E-state index in [0.717, 1.165) is 42.0 Å². The number of ether oxygens (including phenoxy) is 2. The molecule has 0 fully saturated rings. The molecule has 1 aliphatic heterocycles. The molecule has 26 heavy (non-hydrogen) atoms. The first-order valence-corrected chi connectivity index (χ1v) is 9.17. The van der Waals surface area contributed by atoms with Crippen LogP contribution in [0.5, 0.6) is 11.5 Å². The van der Waals surface area contributed by atoms with E-state index >= 15 is 0 Å². The van der Waals surface area contributed by atoms with Crippen LogP contribution in [0.2, 0.25) is 5.02 Å². The highest BCUT2D eigenvalue weighted by Gasteiger charge is 2.22. The molecule has 0 saturated heterocycles. The lowest BCUT2D eigenvalue weighted by molar-refractivity contribution is 0.239. The minimum Gasteiger partial charge on any atom is -0.493 e. The van der Waals surface area contributed by atoms with Gasteiger partial charge >= 0.3 is 0 Å². The number of rotatable bonds is 6. The molecular formula is C19H24ClN3O3. The summed E-state index contributed by atoms with van der Waals surface area (Å²) in [5.41, 5.74) is 2.65. The third kappa shape index (κ3) is 3.71. The van der Waals surface area contributed by atoms with Crippen LogP contribution in [-0.2, 0) is 25.9 Å². The molecule has 0 amide bonds. The third-order valence-electron chi connectivity index (χ3n) is 4.65. The van der Waals surface area contributed by atoms with Crippen molar-refractivity contribution in [2.24, 2.45) is 0 Å². The minimum absolute atomic E-state index is 0.00208. The van der Waals surface area contributed by atoms with Crippen LogP contribution in [-0.4, -0.2) is 35.6 Å². The number of fused-ring (bicyclic) bond motifs is 1. The van der Waals surface area contributed by atoms with E-state index in [-0.39, 0.29) is 5.56 Å². The first kappa shape index (κ1) is 18.7. The monoisotopic (exact) mass is 377 g/mol. The van der Waals surface area contributed by atoms with Crippen molar-refractivity contribution in [1.82, 2.24) is 14.9 Å². The topological polar surface area (TPSA) is 67.5 Å². The number of aromatic amines is 1. The van der Waals surface area contributed by atoms with Gasteiger partial charge in [-0.1, -0.05) is 24.6 Å². The molecule has 0 saturated carbocycles. The standard InChI is InChI=1S/C19H24ClN3O3/c1-4-5-16-21-14-11-23(9-8-13(14)19(24)22-16)10-12-6-7-15(25-2)18(26-3)17(12)20/h6-7H,4-5,8-11H2,1-3H3,(H,21,22,24). The Bertz CT molecular complexity index is 851. The maximum atomic E-state index is 12.3. The van der Waals surface area contributed by atoms with Gasteiger partial charge in [0.2, 0.25) is 0 Å². The first-order valence-electron chi connectivity index (χ1n) is 8.80. The number of aromatic nitrogens is 2. The summed E-state index contributed by atoms with van der Waals surface area (Å²) in [6, 6.07) is 3.81. The molecule has 0 aliphatic carbocycles. The van der Waals surface area contributed by atoms with Gasteiger partial charge in [-0.2, -0.15) is 0 Å². The molecule has 0 radical (unpaired) electrons. The molecule has 2 aromatic rings. The Morgan fingerprint density at radius 1 is 1.31 bits per heavy atom. The zero-order valence-corrected chi connectivity index (χ0v) is 16.2. The highest BCUT2D eigenvalue weighted by Crippen LogP contribution is 2.38. The minimum atomic E-state index is 0.00208. The Morgan fingerprint density at radius 3 is 2.81 bits per heavy atom. The van der Waals surface area contributed by atoms with Crippen molar-refractivity contribution in [3.05, 3.63) is 50.2 Å². The van der Waals surface area contributed by atoms with Crippen molar-refractivity contribution in [2.45, 2.75) is 39.3 Å². The van der Waals surface area contributed by atoms with Gasteiger partial charge < -0.3 is 14.5 Å². The Kier molecular flexibility index (Phi) is 5.84. The van der Waals surface area contributed by atoms with E-state index in [1.54, 1.807) is 14.2 Å². The second-order valence-electron chi connectivity index (χ2n) is 6.42. The summed E-state index contributed by atoms with van der Waals surface area (Å²) >= 11 is 6.50. The van der Waals surface area contributed by atoms with Crippen molar-refractivity contribution >= 4 is 11.6 Å². The van der Waals surface area contributed by atoms with Gasteiger partial charge in [-0.05, 0) is 24.5 Å². The maximum absolute atomic E-state index is 12.3. The molecule has 0 spiro atoms. The zero-order chi connectivity index (χ0) is 18.7. The Hall–Kier alpha value is -2.05. The SMILES string of the molecule is CCCc1nc2c(c(=O)[nH]1)CCN(Cc1ccc(OC)c(OC)c1Cl)C2. The van der Waals surface area contributed by atoms with Crippen LogP contribution in [0.15, 0.2) is 16.9 Å². The zero-order valence-electron chi connectivity index (χ0n) is 15.4. The number of nitrogens with zero attached hydrogens (tertiary/aromatic N) is 2. The normalized spacial score (nSPS) is 14.2. The number of methoxy groups -OCH3 is 2. The summed E-state index contributed by atoms with van der Waals surface area (Å²) in [4.78, 5) is 22.1. The van der Waals surface area contributed by atoms with Crippen LogP contribution in [0.1, 0.15) is 36.0 Å². The van der Waals surface area contributed by atoms with Crippen molar-refractivity contribution < 1.29 is 9.47 Å². The van der Waals surface area contributed by atoms with Crippen LogP contribution in [0.25, 0.3) is 0 Å².